The molecule has 0 heterocycles. The molecule has 26 heavy (non-hydrogen) atoms. The van der Waals surface area contributed by atoms with Crippen molar-refractivity contribution >= 4 is 29.4 Å². The van der Waals surface area contributed by atoms with Crippen LogP contribution in [0.2, 0.25) is 0 Å². The lowest BCUT2D eigenvalue weighted by molar-refractivity contribution is -0.384. The molecule has 9 nitrogen and oxygen atoms in total. The van der Waals surface area contributed by atoms with E-state index in [2.05, 4.69) is 15.8 Å². The van der Waals surface area contributed by atoms with Gasteiger partial charge in [0.1, 0.15) is 12.2 Å². The summed E-state index contributed by atoms with van der Waals surface area (Å²) >= 11 is 0. The van der Waals surface area contributed by atoms with Crippen LogP contribution in [0.15, 0.2) is 53.6 Å². The Morgan fingerprint density at radius 3 is 2.35 bits per heavy atom. The number of hydrazone groups is 1. The maximum atomic E-state index is 11.8. The van der Waals surface area contributed by atoms with Gasteiger partial charge in [0.05, 0.1) is 18.2 Å². The fraction of sp³-hybridized carbons (Fsp3) is 0.118. The molecule has 0 bridgehead atoms. The predicted octanol–water partition coefficient (Wildman–Crippen LogP) is 2.08. The highest BCUT2D eigenvalue weighted by molar-refractivity contribution is 6.03. The van der Waals surface area contributed by atoms with E-state index in [0.717, 1.165) is 0 Å². The van der Waals surface area contributed by atoms with Crippen LogP contribution in [0.25, 0.3) is 0 Å². The third-order valence-electron chi connectivity index (χ3n) is 3.20. The number of carbonyl (C=O) groups is 2. The molecule has 0 aromatic heterocycles. The van der Waals surface area contributed by atoms with Crippen molar-refractivity contribution in [2.24, 2.45) is 5.10 Å². The van der Waals surface area contributed by atoms with Crippen LogP contribution in [-0.4, -0.2) is 30.1 Å². The standard InChI is InChI=1S/C17H16N4O5/c1-26-15-8-4-13(5-9-15)19-16(22)10-17(23)20-18-11-12-2-6-14(7-3-12)21(24)25/h2-9,11H,10H2,1H3,(H,19,22)(H,20,23). The van der Waals surface area contributed by atoms with Crippen molar-refractivity contribution in [1.82, 2.24) is 5.43 Å². The molecule has 0 fully saturated rings. The van der Waals surface area contributed by atoms with Crippen molar-refractivity contribution in [1.29, 1.82) is 0 Å². The number of ether oxygens (including phenoxy) is 1. The van der Waals surface area contributed by atoms with Gasteiger partial charge in [0.2, 0.25) is 11.8 Å². The van der Waals surface area contributed by atoms with Crippen LogP contribution >= 0.6 is 0 Å². The molecule has 0 saturated carbocycles. The molecule has 2 rings (SSSR count). The van der Waals surface area contributed by atoms with Crippen molar-refractivity contribution in [3.8, 4) is 5.75 Å². The van der Waals surface area contributed by atoms with E-state index in [4.69, 9.17) is 4.74 Å². The van der Waals surface area contributed by atoms with Crippen LogP contribution in [0.4, 0.5) is 11.4 Å². The van der Waals surface area contributed by atoms with Crippen LogP contribution in [0.1, 0.15) is 12.0 Å². The summed E-state index contributed by atoms with van der Waals surface area (Å²) in [6, 6.07) is 12.3. The maximum Gasteiger partial charge on any atom is 0.269 e. The molecular formula is C17H16N4O5. The lowest BCUT2D eigenvalue weighted by Crippen LogP contribution is -2.24. The van der Waals surface area contributed by atoms with Crippen molar-refractivity contribution in [3.05, 3.63) is 64.2 Å². The van der Waals surface area contributed by atoms with Crippen LogP contribution in [0.3, 0.4) is 0 Å². The van der Waals surface area contributed by atoms with Gasteiger partial charge in [0.15, 0.2) is 0 Å². The van der Waals surface area contributed by atoms with E-state index in [0.29, 0.717) is 17.0 Å². The van der Waals surface area contributed by atoms with Gasteiger partial charge in [0.25, 0.3) is 5.69 Å². The molecule has 0 radical (unpaired) electrons. The number of methoxy groups -OCH3 is 1. The van der Waals surface area contributed by atoms with E-state index in [-0.39, 0.29) is 5.69 Å². The number of anilines is 1. The van der Waals surface area contributed by atoms with E-state index >= 15 is 0 Å². The van der Waals surface area contributed by atoms with Crippen molar-refractivity contribution < 1.29 is 19.2 Å². The minimum Gasteiger partial charge on any atom is -0.497 e. The molecule has 0 aliphatic heterocycles. The summed E-state index contributed by atoms with van der Waals surface area (Å²) in [6.45, 7) is 0. The Hall–Kier alpha value is -3.75. The monoisotopic (exact) mass is 356 g/mol. The number of hydrogen-bond acceptors (Lipinski definition) is 6. The largest absolute Gasteiger partial charge is 0.497 e. The number of hydrogen-bond donors (Lipinski definition) is 2. The topological polar surface area (TPSA) is 123 Å². The summed E-state index contributed by atoms with van der Waals surface area (Å²) in [7, 11) is 1.54. The highest BCUT2D eigenvalue weighted by atomic mass is 16.6. The first-order chi connectivity index (χ1) is 12.5. The minimum atomic E-state index is -0.589. The lowest BCUT2D eigenvalue weighted by atomic mass is 10.2. The maximum absolute atomic E-state index is 11.8. The quantitative estimate of drug-likeness (QED) is 0.340. The van der Waals surface area contributed by atoms with Gasteiger partial charge in [-0.15, -0.1) is 0 Å². The first kappa shape index (κ1) is 18.6. The fourth-order valence-corrected chi connectivity index (χ4v) is 1.93. The Morgan fingerprint density at radius 1 is 1.12 bits per heavy atom. The van der Waals surface area contributed by atoms with Crippen molar-refractivity contribution in [2.45, 2.75) is 6.42 Å². The highest BCUT2D eigenvalue weighted by Crippen LogP contribution is 2.15. The number of nitrogens with zero attached hydrogens (tertiary/aromatic N) is 2. The van der Waals surface area contributed by atoms with E-state index in [9.17, 15) is 19.7 Å². The third-order valence-corrected chi connectivity index (χ3v) is 3.20. The molecular weight excluding hydrogens is 340 g/mol. The Bertz CT molecular complexity index is 816. The van der Waals surface area contributed by atoms with E-state index in [1.807, 2.05) is 0 Å². The second-order valence-corrected chi connectivity index (χ2v) is 5.10. The molecule has 9 heteroatoms. The molecule has 0 saturated heterocycles. The van der Waals surface area contributed by atoms with Crippen LogP contribution in [0, 0.1) is 10.1 Å². The number of nitro benzene ring substituents is 1. The summed E-state index contributed by atoms with van der Waals surface area (Å²) in [5.74, 6) is -0.423. The van der Waals surface area contributed by atoms with Crippen LogP contribution in [-0.2, 0) is 9.59 Å². The van der Waals surface area contributed by atoms with Gasteiger partial charge in [-0.2, -0.15) is 5.10 Å². The first-order valence-corrected chi connectivity index (χ1v) is 7.48. The van der Waals surface area contributed by atoms with Crippen LogP contribution in [0.5, 0.6) is 5.75 Å². The average Bonchev–Trinajstić information content (AvgIpc) is 2.62. The zero-order valence-corrected chi connectivity index (χ0v) is 13.8. The summed E-state index contributed by atoms with van der Waals surface area (Å²) in [4.78, 5) is 33.5. The number of nitro groups is 1. The molecule has 2 aromatic rings. The van der Waals surface area contributed by atoms with Crippen LogP contribution < -0.4 is 15.5 Å². The average molecular weight is 356 g/mol. The molecule has 0 spiro atoms. The molecule has 0 unspecified atom stereocenters. The SMILES string of the molecule is COc1ccc(NC(=O)CC(=O)NN=Cc2ccc([N+](=O)[O-])cc2)cc1. The van der Waals surface area contributed by atoms with Gasteiger partial charge in [-0.25, -0.2) is 5.43 Å². The fourth-order valence-electron chi connectivity index (χ4n) is 1.93. The molecule has 2 N–H and O–H groups in total. The minimum absolute atomic E-state index is 0.0404. The van der Waals surface area contributed by atoms with Gasteiger partial charge < -0.3 is 10.1 Å². The Labute approximate surface area is 148 Å². The molecule has 2 aromatic carbocycles. The van der Waals surface area contributed by atoms with E-state index < -0.39 is 23.2 Å². The third kappa shape index (κ3) is 5.71. The second-order valence-electron chi connectivity index (χ2n) is 5.10. The summed E-state index contributed by atoms with van der Waals surface area (Å²) < 4.78 is 5.01. The predicted molar refractivity (Wildman–Crippen MR) is 95.1 cm³/mol. The molecule has 134 valence electrons. The Kier molecular flexibility index (Phi) is 6.38. The zero-order chi connectivity index (χ0) is 18.9. The molecule has 0 atom stereocenters. The lowest BCUT2D eigenvalue weighted by Gasteiger charge is -2.05. The summed E-state index contributed by atoms with van der Waals surface area (Å²) in [6.07, 6.45) is 0.923. The van der Waals surface area contributed by atoms with E-state index in [1.54, 1.807) is 24.3 Å². The van der Waals surface area contributed by atoms with Gasteiger partial charge in [-0.05, 0) is 42.0 Å². The van der Waals surface area contributed by atoms with Crippen molar-refractivity contribution in [3.63, 3.8) is 0 Å². The van der Waals surface area contributed by atoms with Gasteiger partial charge in [-0.1, -0.05) is 0 Å². The second kappa shape index (κ2) is 8.92. The summed E-state index contributed by atoms with van der Waals surface area (Å²) in [5.41, 5.74) is 3.29. The van der Waals surface area contributed by atoms with Crippen molar-refractivity contribution in [2.75, 3.05) is 12.4 Å². The number of non-ortho nitro benzene ring substituents is 1. The normalized spacial score (nSPS) is 10.3. The highest BCUT2D eigenvalue weighted by Gasteiger charge is 2.09. The molecule has 0 aliphatic carbocycles. The number of nitrogens with one attached hydrogen (secondary N) is 2. The molecule has 2 amide bonds. The number of carbonyl (C=O) groups excluding carboxylic acids is 2. The Morgan fingerprint density at radius 2 is 1.77 bits per heavy atom. The molecule has 0 aliphatic rings. The smallest absolute Gasteiger partial charge is 0.269 e. The first-order valence-electron chi connectivity index (χ1n) is 7.48. The number of benzene rings is 2. The number of amides is 2. The summed E-state index contributed by atoms with van der Waals surface area (Å²) in [5, 5.41) is 16.8. The van der Waals surface area contributed by atoms with Gasteiger partial charge >= 0.3 is 0 Å². The van der Waals surface area contributed by atoms with Gasteiger partial charge in [-0.3, -0.25) is 19.7 Å². The van der Waals surface area contributed by atoms with E-state index in [1.165, 1.54) is 37.6 Å². The van der Waals surface area contributed by atoms with Gasteiger partial charge in [0, 0.05) is 17.8 Å². The Balaban J connectivity index is 1.79. The zero-order valence-electron chi connectivity index (χ0n) is 13.8. The number of rotatable bonds is 7.